The predicted octanol–water partition coefficient (Wildman–Crippen LogP) is 1.74. The highest BCUT2D eigenvalue weighted by Crippen LogP contribution is 2.34. The molecule has 1 aromatic heterocycles. The highest BCUT2D eigenvalue weighted by Gasteiger charge is 2.20. The Kier molecular flexibility index (Phi) is 1.38. The van der Waals surface area contributed by atoms with Gasteiger partial charge in [-0.3, -0.25) is 9.97 Å². The van der Waals surface area contributed by atoms with Crippen molar-refractivity contribution >= 4 is 0 Å². The van der Waals surface area contributed by atoms with E-state index in [1.807, 2.05) is 6.20 Å². The van der Waals surface area contributed by atoms with Gasteiger partial charge in [0.2, 0.25) is 0 Å². The molecule has 0 saturated heterocycles. The Bertz CT molecular complexity index is 204. The van der Waals surface area contributed by atoms with Crippen LogP contribution < -0.4 is 0 Å². The van der Waals surface area contributed by atoms with E-state index < -0.39 is 0 Å². The maximum absolute atomic E-state index is 4.24. The normalized spacial score (nSPS) is 18.4. The molecular formula is C8H10N2. The summed E-state index contributed by atoms with van der Waals surface area (Å²) in [5, 5.41) is 0. The standard InChI is InChI=1S/C8H10N2/c1-2-7(3-1)8-6-9-4-5-10-8/h4-7H,1-3H2. The maximum atomic E-state index is 4.24. The van der Waals surface area contributed by atoms with Crippen molar-refractivity contribution in [3.63, 3.8) is 0 Å². The van der Waals surface area contributed by atoms with Crippen LogP contribution in [0.3, 0.4) is 0 Å². The summed E-state index contributed by atoms with van der Waals surface area (Å²) in [5.41, 5.74) is 1.17. The topological polar surface area (TPSA) is 25.8 Å². The van der Waals surface area contributed by atoms with E-state index in [-0.39, 0.29) is 0 Å². The number of hydrogen-bond acceptors (Lipinski definition) is 2. The first kappa shape index (κ1) is 5.83. The molecule has 0 aromatic carbocycles. The fraction of sp³-hybridized carbons (Fsp3) is 0.500. The van der Waals surface area contributed by atoms with Crippen molar-refractivity contribution in [2.24, 2.45) is 0 Å². The van der Waals surface area contributed by atoms with Crippen LogP contribution in [0.5, 0.6) is 0 Å². The van der Waals surface area contributed by atoms with Gasteiger partial charge >= 0.3 is 0 Å². The molecule has 0 atom stereocenters. The summed E-state index contributed by atoms with van der Waals surface area (Å²) in [7, 11) is 0. The van der Waals surface area contributed by atoms with E-state index in [0.29, 0.717) is 5.92 Å². The van der Waals surface area contributed by atoms with Crippen LogP contribution in [0.4, 0.5) is 0 Å². The molecular weight excluding hydrogens is 124 g/mol. The molecule has 0 spiro atoms. The summed E-state index contributed by atoms with van der Waals surface area (Å²) >= 11 is 0. The number of aromatic nitrogens is 2. The quantitative estimate of drug-likeness (QED) is 0.584. The molecule has 0 bridgehead atoms. The van der Waals surface area contributed by atoms with Gasteiger partial charge in [0.05, 0.1) is 5.69 Å². The maximum Gasteiger partial charge on any atom is 0.0617 e. The highest BCUT2D eigenvalue weighted by molar-refractivity contribution is 5.06. The average molecular weight is 134 g/mol. The van der Waals surface area contributed by atoms with Gasteiger partial charge in [-0.15, -0.1) is 0 Å². The summed E-state index contributed by atoms with van der Waals surface area (Å²) in [4.78, 5) is 8.26. The minimum Gasteiger partial charge on any atom is -0.261 e. The van der Waals surface area contributed by atoms with E-state index in [2.05, 4.69) is 9.97 Å². The van der Waals surface area contributed by atoms with Crippen molar-refractivity contribution in [3.8, 4) is 0 Å². The molecule has 0 aliphatic heterocycles. The molecule has 1 aromatic rings. The SMILES string of the molecule is c1cnc(C2CCC2)cn1. The zero-order valence-corrected chi connectivity index (χ0v) is 5.83. The molecule has 1 saturated carbocycles. The Morgan fingerprint density at radius 1 is 1.30 bits per heavy atom. The molecule has 2 heteroatoms. The second kappa shape index (κ2) is 2.37. The van der Waals surface area contributed by atoms with Gasteiger partial charge in [-0.2, -0.15) is 0 Å². The third-order valence-electron chi connectivity index (χ3n) is 2.11. The van der Waals surface area contributed by atoms with E-state index >= 15 is 0 Å². The second-order valence-electron chi connectivity index (χ2n) is 2.76. The van der Waals surface area contributed by atoms with Crippen molar-refractivity contribution in [2.75, 3.05) is 0 Å². The number of rotatable bonds is 1. The third-order valence-corrected chi connectivity index (χ3v) is 2.11. The van der Waals surface area contributed by atoms with Crippen LogP contribution in [0, 0.1) is 0 Å². The first-order chi connectivity index (χ1) is 4.97. The molecule has 1 aliphatic carbocycles. The summed E-state index contributed by atoms with van der Waals surface area (Å²) in [6, 6.07) is 0. The molecule has 0 N–H and O–H groups in total. The van der Waals surface area contributed by atoms with Crippen molar-refractivity contribution < 1.29 is 0 Å². The minimum absolute atomic E-state index is 0.716. The van der Waals surface area contributed by atoms with Gasteiger partial charge in [0, 0.05) is 24.5 Å². The van der Waals surface area contributed by atoms with E-state index in [4.69, 9.17) is 0 Å². The number of hydrogen-bond donors (Lipinski definition) is 0. The highest BCUT2D eigenvalue weighted by atomic mass is 14.8. The second-order valence-corrected chi connectivity index (χ2v) is 2.76. The van der Waals surface area contributed by atoms with Gasteiger partial charge in [0.25, 0.3) is 0 Å². The lowest BCUT2D eigenvalue weighted by Crippen LogP contribution is -2.10. The van der Waals surface area contributed by atoms with Crippen molar-refractivity contribution in [1.29, 1.82) is 0 Å². The lowest BCUT2D eigenvalue weighted by Gasteiger charge is -2.23. The molecule has 2 rings (SSSR count). The first-order valence-corrected chi connectivity index (χ1v) is 3.73. The molecule has 0 amide bonds. The lowest BCUT2D eigenvalue weighted by molar-refractivity contribution is 0.410. The van der Waals surface area contributed by atoms with Gasteiger partial charge in [-0.05, 0) is 12.8 Å². The summed E-state index contributed by atoms with van der Waals surface area (Å²) in [5.74, 6) is 0.716. The van der Waals surface area contributed by atoms with Crippen LogP contribution in [-0.4, -0.2) is 9.97 Å². The van der Waals surface area contributed by atoms with Gasteiger partial charge < -0.3 is 0 Å². The molecule has 2 nitrogen and oxygen atoms in total. The van der Waals surface area contributed by atoms with Gasteiger partial charge in [-0.1, -0.05) is 6.42 Å². The zero-order valence-electron chi connectivity index (χ0n) is 5.83. The van der Waals surface area contributed by atoms with Gasteiger partial charge in [0.15, 0.2) is 0 Å². The fourth-order valence-corrected chi connectivity index (χ4v) is 1.23. The van der Waals surface area contributed by atoms with E-state index in [0.717, 1.165) is 0 Å². The van der Waals surface area contributed by atoms with Crippen molar-refractivity contribution in [3.05, 3.63) is 24.3 Å². The molecule has 0 unspecified atom stereocenters. The molecule has 10 heavy (non-hydrogen) atoms. The fourth-order valence-electron chi connectivity index (χ4n) is 1.23. The Hall–Kier alpha value is -0.920. The van der Waals surface area contributed by atoms with E-state index in [1.54, 1.807) is 12.4 Å². The molecule has 52 valence electrons. The van der Waals surface area contributed by atoms with Crippen molar-refractivity contribution in [2.45, 2.75) is 25.2 Å². The van der Waals surface area contributed by atoms with Gasteiger partial charge in [-0.25, -0.2) is 0 Å². The lowest BCUT2D eigenvalue weighted by atomic mass is 9.83. The predicted molar refractivity (Wildman–Crippen MR) is 38.6 cm³/mol. The summed E-state index contributed by atoms with van der Waals surface area (Å²) < 4.78 is 0. The largest absolute Gasteiger partial charge is 0.261 e. The van der Waals surface area contributed by atoms with E-state index in [1.165, 1.54) is 25.0 Å². The smallest absolute Gasteiger partial charge is 0.0617 e. The van der Waals surface area contributed by atoms with E-state index in [9.17, 15) is 0 Å². The van der Waals surface area contributed by atoms with Crippen LogP contribution >= 0.6 is 0 Å². The molecule has 1 aliphatic rings. The molecule has 1 heterocycles. The summed E-state index contributed by atoms with van der Waals surface area (Å²) in [6.07, 6.45) is 9.35. The Labute approximate surface area is 60.3 Å². The van der Waals surface area contributed by atoms with Crippen LogP contribution in [0.2, 0.25) is 0 Å². The monoisotopic (exact) mass is 134 g/mol. The number of nitrogens with zero attached hydrogens (tertiary/aromatic N) is 2. The van der Waals surface area contributed by atoms with Crippen LogP contribution in [0.1, 0.15) is 30.9 Å². The van der Waals surface area contributed by atoms with Crippen molar-refractivity contribution in [1.82, 2.24) is 9.97 Å². The molecule has 1 fully saturated rings. The minimum atomic E-state index is 0.716. The Balaban J connectivity index is 2.18. The summed E-state index contributed by atoms with van der Waals surface area (Å²) in [6.45, 7) is 0. The zero-order chi connectivity index (χ0) is 6.81. The Morgan fingerprint density at radius 3 is 2.70 bits per heavy atom. The van der Waals surface area contributed by atoms with Crippen LogP contribution in [-0.2, 0) is 0 Å². The average Bonchev–Trinajstić information content (AvgIpc) is 1.86. The molecule has 0 radical (unpaired) electrons. The van der Waals surface area contributed by atoms with Crippen LogP contribution in [0.15, 0.2) is 18.6 Å². The third kappa shape index (κ3) is 0.897. The Morgan fingerprint density at radius 2 is 2.20 bits per heavy atom. The van der Waals surface area contributed by atoms with Crippen LogP contribution in [0.25, 0.3) is 0 Å². The first-order valence-electron chi connectivity index (χ1n) is 3.73. The van der Waals surface area contributed by atoms with Gasteiger partial charge in [0.1, 0.15) is 0 Å².